The zero-order valence-electron chi connectivity index (χ0n) is 7.17. The number of aryl methyl sites for hydroxylation is 1. The molecule has 0 heterocycles. The molecule has 0 unspecified atom stereocenters. The molecule has 0 saturated heterocycles. The Morgan fingerprint density at radius 2 is 2.17 bits per heavy atom. The van der Waals surface area contributed by atoms with Gasteiger partial charge in [0.05, 0.1) is 0 Å². The molecule has 0 atom stereocenters. The Kier molecular flexibility index (Phi) is 1.83. The number of fused-ring (bicyclic) bond motifs is 1. The fraction of sp³-hybridized carbons (Fsp3) is 0.167. The van der Waals surface area contributed by atoms with Crippen LogP contribution in [-0.2, 0) is 6.42 Å². The van der Waals surface area contributed by atoms with Gasteiger partial charge in [-0.15, -0.1) is 0 Å². The van der Waals surface area contributed by atoms with E-state index in [1.165, 1.54) is 16.7 Å². The minimum Gasteiger partial charge on any atom is -0.0616 e. The molecule has 2 aliphatic rings. The van der Waals surface area contributed by atoms with E-state index in [1.54, 1.807) is 0 Å². The van der Waals surface area contributed by atoms with Crippen LogP contribution >= 0.6 is 0 Å². The fourth-order valence-corrected chi connectivity index (χ4v) is 1.41. The minimum atomic E-state index is 1.10. The summed E-state index contributed by atoms with van der Waals surface area (Å²) in [6.07, 6.45) is 1.10. The third kappa shape index (κ3) is 1.20. The first kappa shape index (κ1) is 7.35. The summed E-state index contributed by atoms with van der Waals surface area (Å²) >= 11 is 0. The quantitative estimate of drug-likeness (QED) is 0.593. The third-order valence-electron chi connectivity index (χ3n) is 2.11. The molecule has 2 rings (SSSR count). The second-order valence-electron chi connectivity index (χ2n) is 2.95. The van der Waals surface area contributed by atoms with Crippen LogP contribution in [0.15, 0.2) is 36.4 Å². The first-order valence-electron chi connectivity index (χ1n) is 4.29. The van der Waals surface area contributed by atoms with Crippen LogP contribution in [0.5, 0.6) is 0 Å². The monoisotopic (exact) mass is 155 g/mol. The lowest BCUT2D eigenvalue weighted by atomic mass is 10.2. The molecular formula is C12H11. The third-order valence-corrected chi connectivity index (χ3v) is 2.11. The maximum atomic E-state index is 3.24. The van der Waals surface area contributed by atoms with Crippen molar-refractivity contribution in [1.82, 2.24) is 0 Å². The Morgan fingerprint density at radius 3 is 3.00 bits per heavy atom. The first-order valence-corrected chi connectivity index (χ1v) is 4.29. The molecule has 2 aliphatic carbocycles. The SMILES string of the molecule is CCc1cc2[c]ccccc-2c1. The molecule has 0 saturated carbocycles. The molecule has 0 aromatic carbocycles. The van der Waals surface area contributed by atoms with Gasteiger partial charge in [0.1, 0.15) is 0 Å². The normalized spacial score (nSPS) is 10.4. The molecule has 0 amide bonds. The van der Waals surface area contributed by atoms with Gasteiger partial charge in [-0.1, -0.05) is 43.3 Å². The molecule has 0 bridgehead atoms. The van der Waals surface area contributed by atoms with Crippen LogP contribution in [0, 0.1) is 6.07 Å². The van der Waals surface area contributed by atoms with E-state index in [9.17, 15) is 0 Å². The Morgan fingerprint density at radius 1 is 1.25 bits per heavy atom. The van der Waals surface area contributed by atoms with Gasteiger partial charge >= 0.3 is 0 Å². The second-order valence-corrected chi connectivity index (χ2v) is 2.95. The largest absolute Gasteiger partial charge is 0.0616 e. The van der Waals surface area contributed by atoms with Crippen molar-refractivity contribution in [2.45, 2.75) is 13.3 Å². The van der Waals surface area contributed by atoms with E-state index in [-0.39, 0.29) is 0 Å². The average molecular weight is 155 g/mol. The maximum absolute atomic E-state index is 3.24. The Balaban J connectivity index is 2.61. The van der Waals surface area contributed by atoms with Crippen LogP contribution in [0.4, 0.5) is 0 Å². The van der Waals surface area contributed by atoms with Gasteiger partial charge < -0.3 is 0 Å². The molecule has 0 heteroatoms. The predicted molar refractivity (Wildman–Crippen MR) is 51.3 cm³/mol. The molecule has 0 fully saturated rings. The summed E-state index contributed by atoms with van der Waals surface area (Å²) in [6.45, 7) is 2.17. The molecule has 0 spiro atoms. The Hall–Kier alpha value is -1.30. The van der Waals surface area contributed by atoms with Crippen molar-refractivity contribution in [3.8, 4) is 11.1 Å². The zero-order chi connectivity index (χ0) is 8.39. The van der Waals surface area contributed by atoms with E-state index in [0.717, 1.165) is 6.42 Å². The molecule has 0 aromatic rings. The fourth-order valence-electron chi connectivity index (χ4n) is 1.41. The van der Waals surface area contributed by atoms with Crippen molar-refractivity contribution in [2.75, 3.05) is 0 Å². The molecule has 0 nitrogen and oxygen atoms in total. The lowest BCUT2D eigenvalue weighted by Crippen LogP contribution is -1.67. The van der Waals surface area contributed by atoms with Crippen molar-refractivity contribution in [3.05, 3.63) is 48.0 Å². The molecular weight excluding hydrogens is 144 g/mol. The van der Waals surface area contributed by atoms with E-state index in [2.05, 4.69) is 37.3 Å². The molecule has 0 N–H and O–H groups in total. The molecule has 0 aromatic heterocycles. The summed E-state index contributed by atoms with van der Waals surface area (Å²) in [4.78, 5) is 0. The van der Waals surface area contributed by atoms with Crippen molar-refractivity contribution in [2.24, 2.45) is 0 Å². The standard InChI is InChI=1S/C12H11/c1-2-10-8-11-6-4-3-5-7-12(11)9-10/h3-6,8-9H,2H2,1H3. The van der Waals surface area contributed by atoms with E-state index >= 15 is 0 Å². The lowest BCUT2D eigenvalue weighted by Gasteiger charge is -1.85. The zero-order valence-corrected chi connectivity index (χ0v) is 7.17. The summed E-state index contributed by atoms with van der Waals surface area (Å²) < 4.78 is 0. The van der Waals surface area contributed by atoms with Gasteiger partial charge in [0.25, 0.3) is 0 Å². The van der Waals surface area contributed by atoms with Gasteiger partial charge in [0.2, 0.25) is 0 Å². The average Bonchev–Trinajstić information content (AvgIpc) is 2.37. The summed E-state index contributed by atoms with van der Waals surface area (Å²) in [5.41, 5.74) is 3.90. The van der Waals surface area contributed by atoms with Gasteiger partial charge in [0.15, 0.2) is 0 Å². The predicted octanol–water partition coefficient (Wildman–Crippen LogP) is 3.15. The van der Waals surface area contributed by atoms with E-state index < -0.39 is 0 Å². The number of rotatable bonds is 1. The van der Waals surface area contributed by atoms with Crippen molar-refractivity contribution >= 4 is 0 Å². The van der Waals surface area contributed by atoms with Gasteiger partial charge in [-0.25, -0.2) is 0 Å². The topological polar surface area (TPSA) is 0 Å². The summed E-state index contributed by atoms with van der Waals surface area (Å²) in [6, 6.07) is 15.8. The molecule has 59 valence electrons. The van der Waals surface area contributed by atoms with E-state index in [4.69, 9.17) is 0 Å². The summed E-state index contributed by atoms with van der Waals surface area (Å²) in [5, 5.41) is 0. The highest BCUT2D eigenvalue weighted by Gasteiger charge is 2.01. The Labute approximate surface area is 73.2 Å². The number of hydrogen-bond donors (Lipinski definition) is 0. The van der Waals surface area contributed by atoms with Gasteiger partial charge in [-0.2, -0.15) is 0 Å². The lowest BCUT2D eigenvalue weighted by molar-refractivity contribution is 1.15. The molecule has 12 heavy (non-hydrogen) atoms. The number of hydrogen-bond acceptors (Lipinski definition) is 0. The molecule has 0 aliphatic heterocycles. The van der Waals surface area contributed by atoms with Gasteiger partial charge in [-0.3, -0.25) is 0 Å². The smallest absolute Gasteiger partial charge is 0.00991 e. The van der Waals surface area contributed by atoms with E-state index in [0.29, 0.717) is 0 Å². The van der Waals surface area contributed by atoms with Crippen molar-refractivity contribution in [3.63, 3.8) is 0 Å². The van der Waals surface area contributed by atoms with Crippen LogP contribution < -0.4 is 0 Å². The van der Waals surface area contributed by atoms with Gasteiger partial charge in [0, 0.05) is 0 Å². The molecule has 1 radical (unpaired) electrons. The van der Waals surface area contributed by atoms with Crippen LogP contribution in [0.1, 0.15) is 12.5 Å². The van der Waals surface area contributed by atoms with Crippen molar-refractivity contribution in [1.29, 1.82) is 0 Å². The van der Waals surface area contributed by atoms with Gasteiger partial charge in [-0.05, 0) is 29.2 Å². The highest BCUT2D eigenvalue weighted by molar-refractivity contribution is 5.67. The summed E-state index contributed by atoms with van der Waals surface area (Å²) in [7, 11) is 0. The summed E-state index contributed by atoms with van der Waals surface area (Å²) in [5.74, 6) is 0. The van der Waals surface area contributed by atoms with Crippen LogP contribution in [0.2, 0.25) is 0 Å². The second kappa shape index (κ2) is 2.98. The minimum absolute atomic E-state index is 1.10. The van der Waals surface area contributed by atoms with Crippen LogP contribution in [0.25, 0.3) is 11.1 Å². The first-order chi connectivity index (χ1) is 5.90. The van der Waals surface area contributed by atoms with Crippen LogP contribution in [0.3, 0.4) is 0 Å². The van der Waals surface area contributed by atoms with Crippen LogP contribution in [-0.4, -0.2) is 0 Å². The maximum Gasteiger partial charge on any atom is -0.00991 e. The van der Waals surface area contributed by atoms with Crippen molar-refractivity contribution < 1.29 is 0 Å². The Bertz CT molecular complexity index is 319. The highest BCUT2D eigenvalue weighted by Crippen LogP contribution is 2.24. The van der Waals surface area contributed by atoms with E-state index in [1.807, 2.05) is 12.1 Å². The highest BCUT2D eigenvalue weighted by atomic mass is 14.1.